The number of carbonyl (C=O) groups excluding carboxylic acids is 2. The summed E-state index contributed by atoms with van der Waals surface area (Å²) in [6.45, 7) is 10.3. The van der Waals surface area contributed by atoms with Gasteiger partial charge in [0.1, 0.15) is 11.5 Å². The monoisotopic (exact) mass is 666 g/mol. The molecule has 0 bridgehead atoms. The highest BCUT2D eigenvalue weighted by Gasteiger charge is 2.31. The third-order valence-corrected chi connectivity index (χ3v) is 9.75. The van der Waals surface area contributed by atoms with Crippen LogP contribution in [0.2, 0.25) is 0 Å². The van der Waals surface area contributed by atoms with E-state index in [-0.39, 0.29) is 19.1 Å². The number of carbonyl (C=O) groups is 2. The van der Waals surface area contributed by atoms with E-state index in [2.05, 4.69) is 80.2 Å². The van der Waals surface area contributed by atoms with Crippen LogP contribution in [0.25, 0.3) is 32.7 Å². The van der Waals surface area contributed by atoms with Crippen molar-refractivity contribution < 1.29 is 28.5 Å². The van der Waals surface area contributed by atoms with E-state index in [0.29, 0.717) is 19.1 Å². The van der Waals surface area contributed by atoms with Crippen LogP contribution in [0.5, 0.6) is 11.5 Å². The Balaban J connectivity index is 1.40. The average molecular weight is 667 g/mol. The van der Waals surface area contributed by atoms with E-state index in [0.717, 1.165) is 73.4 Å². The second-order valence-electron chi connectivity index (χ2n) is 12.9. The zero-order valence-corrected chi connectivity index (χ0v) is 28.6. The van der Waals surface area contributed by atoms with Gasteiger partial charge in [-0.1, -0.05) is 93.7 Å². The van der Waals surface area contributed by atoms with E-state index in [1.807, 2.05) is 24.3 Å². The Hall–Kier alpha value is -5.46. The van der Waals surface area contributed by atoms with Crippen LogP contribution in [-0.4, -0.2) is 38.4 Å². The Bertz CT molecular complexity index is 1910. The van der Waals surface area contributed by atoms with Crippen LogP contribution in [0.4, 0.5) is 0 Å². The summed E-state index contributed by atoms with van der Waals surface area (Å²) in [4.78, 5) is 22.8. The lowest BCUT2D eigenvalue weighted by molar-refractivity contribution is -0.137. The van der Waals surface area contributed by atoms with Crippen molar-refractivity contribution in [2.45, 2.75) is 45.4 Å². The van der Waals surface area contributed by atoms with Gasteiger partial charge in [-0.15, -0.1) is 0 Å². The van der Waals surface area contributed by atoms with Crippen molar-refractivity contribution in [1.82, 2.24) is 0 Å². The third-order valence-electron chi connectivity index (χ3n) is 9.75. The van der Waals surface area contributed by atoms with Gasteiger partial charge >= 0.3 is 11.9 Å². The zero-order chi connectivity index (χ0) is 34.9. The highest BCUT2D eigenvalue weighted by atomic mass is 16.5. The van der Waals surface area contributed by atoms with Gasteiger partial charge in [0.2, 0.25) is 0 Å². The molecule has 6 nitrogen and oxygen atoms in total. The molecule has 0 radical (unpaired) electrons. The van der Waals surface area contributed by atoms with E-state index in [1.54, 1.807) is 0 Å². The first-order valence-electron chi connectivity index (χ1n) is 17.4. The van der Waals surface area contributed by atoms with Crippen LogP contribution in [0.15, 0.2) is 86.0 Å². The van der Waals surface area contributed by atoms with Crippen molar-refractivity contribution in [3.63, 3.8) is 0 Å². The van der Waals surface area contributed by atoms with Crippen LogP contribution >= 0.6 is 0 Å². The van der Waals surface area contributed by atoms with Gasteiger partial charge in [-0.2, -0.15) is 0 Å². The largest absolute Gasteiger partial charge is 0.492 e. The summed E-state index contributed by atoms with van der Waals surface area (Å²) >= 11 is 0. The predicted octanol–water partition coefficient (Wildman–Crippen LogP) is 8.82. The first kappa shape index (κ1) is 34.4. The Morgan fingerprint density at radius 2 is 1.22 bits per heavy atom. The number of hydrogen-bond acceptors (Lipinski definition) is 6. The van der Waals surface area contributed by atoms with Gasteiger partial charge in [0.05, 0.1) is 13.2 Å². The molecule has 254 valence electrons. The average Bonchev–Trinajstić information content (AvgIpc) is 3.23. The molecule has 2 aliphatic rings. The minimum atomic E-state index is -0.500. The second kappa shape index (κ2) is 16.3. The van der Waals surface area contributed by atoms with Gasteiger partial charge in [-0.25, -0.2) is 9.59 Å². The first-order chi connectivity index (χ1) is 24.5. The number of benzene rings is 4. The molecule has 4 aromatic rings. The molecule has 0 aromatic heterocycles. The number of fused-ring (bicyclic) bond motifs is 7. The topological polar surface area (TPSA) is 71.1 Å². The maximum absolute atomic E-state index is 11.4. The van der Waals surface area contributed by atoms with E-state index in [1.165, 1.54) is 38.5 Å². The molecule has 1 aliphatic heterocycles. The Morgan fingerprint density at radius 1 is 0.720 bits per heavy atom. The summed E-state index contributed by atoms with van der Waals surface area (Å²) < 4.78 is 23.6. The molecule has 0 amide bonds. The van der Waals surface area contributed by atoms with Crippen LogP contribution in [0.3, 0.4) is 0 Å². The molecule has 1 fully saturated rings. The smallest absolute Gasteiger partial charge is 0.331 e. The van der Waals surface area contributed by atoms with E-state index >= 15 is 0 Å². The SMILES string of the molecule is C=CC(=O)OCC#Cc1ccc2c3c(ccc2c1)OCC(C1CCC(CCC)CC1)COc1ccc2cc(C#CCOC(=O)C=C)ccc2c1-3. The maximum atomic E-state index is 11.4. The molecule has 0 N–H and O–H groups in total. The first-order valence-corrected chi connectivity index (χ1v) is 17.4. The Morgan fingerprint density at radius 3 is 1.68 bits per heavy atom. The maximum Gasteiger partial charge on any atom is 0.331 e. The van der Waals surface area contributed by atoms with E-state index in [4.69, 9.17) is 18.9 Å². The molecule has 4 aromatic carbocycles. The van der Waals surface area contributed by atoms with Crippen molar-refractivity contribution in [2.75, 3.05) is 26.4 Å². The molecule has 50 heavy (non-hydrogen) atoms. The zero-order valence-electron chi connectivity index (χ0n) is 28.6. The molecule has 6 rings (SSSR count). The van der Waals surface area contributed by atoms with Gasteiger partial charge in [0, 0.05) is 40.3 Å². The van der Waals surface area contributed by atoms with Gasteiger partial charge < -0.3 is 18.9 Å². The molecule has 1 aliphatic carbocycles. The van der Waals surface area contributed by atoms with Gasteiger partial charge in [0.15, 0.2) is 13.2 Å². The van der Waals surface area contributed by atoms with Crippen LogP contribution in [0.1, 0.15) is 56.6 Å². The molecule has 1 saturated carbocycles. The fourth-order valence-electron chi connectivity index (χ4n) is 7.21. The summed E-state index contributed by atoms with van der Waals surface area (Å²) in [6.07, 6.45) is 9.80. The Labute approximate surface area is 294 Å². The molecule has 0 spiro atoms. The quantitative estimate of drug-likeness (QED) is 0.112. The van der Waals surface area contributed by atoms with Crippen molar-refractivity contribution >= 4 is 33.5 Å². The molecule has 0 saturated heterocycles. The number of hydrogen-bond donors (Lipinski definition) is 0. The van der Waals surface area contributed by atoms with Crippen molar-refractivity contribution in [3.05, 3.63) is 97.1 Å². The normalized spacial score (nSPS) is 17.0. The number of ether oxygens (including phenoxy) is 4. The molecule has 6 heteroatoms. The number of esters is 2. The third kappa shape index (κ3) is 8.04. The minimum absolute atomic E-state index is 0.00855. The van der Waals surface area contributed by atoms with Crippen LogP contribution in [-0.2, 0) is 19.1 Å². The molecule has 0 unspecified atom stereocenters. The molecule has 1 heterocycles. The van der Waals surface area contributed by atoms with Crippen LogP contribution < -0.4 is 9.47 Å². The van der Waals surface area contributed by atoms with E-state index < -0.39 is 11.9 Å². The summed E-state index contributed by atoms with van der Waals surface area (Å²) in [7, 11) is 0. The lowest BCUT2D eigenvalue weighted by Crippen LogP contribution is -2.30. The Kier molecular flexibility index (Phi) is 11.2. The standard InChI is InChI=1S/C44H42O6/c1-4-9-30-12-16-33(17-13-30)36-28-49-39-22-18-34-26-31(10-7-24-47-41(45)5-2)14-20-37(34)43(39)44-38-21-15-32(11-8-25-48-42(46)6-3)27-35(38)19-23-40(44)50-29-36/h5-6,14-15,18-23,26-27,30,33,36H,2-4,9,12-13,16-17,24-25,28-29H2,1H3. The van der Waals surface area contributed by atoms with Crippen molar-refractivity contribution in [3.8, 4) is 46.3 Å². The lowest BCUT2D eigenvalue weighted by Gasteiger charge is -2.33. The van der Waals surface area contributed by atoms with Crippen molar-refractivity contribution in [1.29, 1.82) is 0 Å². The second-order valence-corrected chi connectivity index (χ2v) is 12.9. The molecular weight excluding hydrogens is 624 g/mol. The van der Waals surface area contributed by atoms with Crippen LogP contribution in [0, 0.1) is 41.4 Å². The van der Waals surface area contributed by atoms with Gasteiger partial charge in [-0.05, 0) is 82.6 Å². The highest BCUT2D eigenvalue weighted by molar-refractivity contribution is 6.10. The predicted molar refractivity (Wildman–Crippen MR) is 198 cm³/mol. The molecular formula is C44H42O6. The van der Waals surface area contributed by atoms with Gasteiger partial charge in [0.25, 0.3) is 0 Å². The fourth-order valence-corrected chi connectivity index (χ4v) is 7.21. The number of rotatable bonds is 7. The summed E-state index contributed by atoms with van der Waals surface area (Å²) in [5.41, 5.74) is 3.58. The highest BCUT2D eigenvalue weighted by Crippen LogP contribution is 2.47. The summed E-state index contributed by atoms with van der Waals surface area (Å²) in [5.74, 6) is 14.4. The summed E-state index contributed by atoms with van der Waals surface area (Å²) in [5, 5.41) is 4.06. The van der Waals surface area contributed by atoms with Gasteiger partial charge in [-0.3, -0.25) is 0 Å². The van der Waals surface area contributed by atoms with E-state index in [9.17, 15) is 9.59 Å². The molecule has 0 atom stereocenters. The minimum Gasteiger partial charge on any atom is -0.492 e. The fraction of sp³-hybridized carbons (Fsp3) is 0.318. The van der Waals surface area contributed by atoms with Crippen molar-refractivity contribution in [2.24, 2.45) is 17.8 Å². The lowest BCUT2D eigenvalue weighted by atomic mass is 9.75. The summed E-state index contributed by atoms with van der Waals surface area (Å²) in [6, 6.07) is 20.5.